The van der Waals surface area contributed by atoms with Crippen LogP contribution in [0.25, 0.3) is 10.1 Å². The Kier molecular flexibility index (Phi) is 3.60. The van der Waals surface area contributed by atoms with E-state index in [1.54, 1.807) is 11.8 Å². The van der Waals surface area contributed by atoms with Crippen molar-refractivity contribution in [3.63, 3.8) is 0 Å². The van der Waals surface area contributed by atoms with Gasteiger partial charge in [-0.15, -0.1) is 11.3 Å². The first kappa shape index (κ1) is 12.7. The molecule has 3 aromatic rings. The number of thiophene rings is 1. The molecule has 0 aliphatic heterocycles. The summed E-state index contributed by atoms with van der Waals surface area (Å²) < 4.78 is 1.32. The number of aliphatic hydroxyl groups excluding tert-OH is 1. The maximum absolute atomic E-state index is 9.42. The topological polar surface area (TPSA) is 20.2 Å². The summed E-state index contributed by atoms with van der Waals surface area (Å²) in [6.07, 6.45) is 0. The molecule has 96 valence electrons. The molecule has 1 aromatic heterocycles. The summed E-state index contributed by atoms with van der Waals surface area (Å²) >= 11 is 3.58. The zero-order valence-corrected chi connectivity index (χ0v) is 12.2. The molecule has 1 heterocycles. The second-order valence-electron chi connectivity index (χ2n) is 4.35. The van der Waals surface area contributed by atoms with Crippen LogP contribution in [0, 0.1) is 6.92 Å². The standard InChI is InChI=1S/C16H14OS2/c1-11-16(13-7-3-5-9-15(13)18-11)19-14-8-4-2-6-12(14)10-17/h2-9,17H,10H2,1H3. The highest BCUT2D eigenvalue weighted by Crippen LogP contribution is 2.41. The molecule has 0 bridgehead atoms. The lowest BCUT2D eigenvalue weighted by Gasteiger charge is -2.07. The highest BCUT2D eigenvalue weighted by molar-refractivity contribution is 7.99. The van der Waals surface area contributed by atoms with E-state index in [4.69, 9.17) is 0 Å². The quantitative estimate of drug-likeness (QED) is 0.742. The van der Waals surface area contributed by atoms with Gasteiger partial charge in [0.15, 0.2) is 0 Å². The normalized spacial score (nSPS) is 11.1. The van der Waals surface area contributed by atoms with Crippen LogP contribution in [0.5, 0.6) is 0 Å². The van der Waals surface area contributed by atoms with Crippen LogP contribution in [0.4, 0.5) is 0 Å². The molecule has 0 aliphatic carbocycles. The van der Waals surface area contributed by atoms with Crippen molar-refractivity contribution < 1.29 is 5.11 Å². The van der Waals surface area contributed by atoms with Crippen LogP contribution >= 0.6 is 23.1 Å². The van der Waals surface area contributed by atoms with E-state index < -0.39 is 0 Å². The van der Waals surface area contributed by atoms with Crippen LogP contribution in [-0.4, -0.2) is 5.11 Å². The Hall–Kier alpha value is -1.29. The van der Waals surface area contributed by atoms with Crippen molar-refractivity contribution in [2.45, 2.75) is 23.3 Å². The Labute approximate surface area is 120 Å². The first-order valence-electron chi connectivity index (χ1n) is 6.14. The maximum atomic E-state index is 9.42. The fourth-order valence-electron chi connectivity index (χ4n) is 2.11. The number of hydrogen-bond acceptors (Lipinski definition) is 3. The summed E-state index contributed by atoms with van der Waals surface area (Å²) in [6, 6.07) is 16.5. The lowest BCUT2D eigenvalue weighted by molar-refractivity contribution is 0.279. The van der Waals surface area contributed by atoms with Crippen LogP contribution in [-0.2, 0) is 6.61 Å². The molecule has 2 aromatic carbocycles. The Bertz CT molecular complexity index is 716. The molecule has 1 N–H and O–H groups in total. The van der Waals surface area contributed by atoms with Crippen LogP contribution < -0.4 is 0 Å². The Morgan fingerprint density at radius 1 is 1.05 bits per heavy atom. The lowest BCUT2D eigenvalue weighted by Crippen LogP contribution is -1.86. The van der Waals surface area contributed by atoms with Crippen molar-refractivity contribution in [3.8, 4) is 0 Å². The SMILES string of the molecule is Cc1sc2ccccc2c1Sc1ccccc1CO. The minimum absolute atomic E-state index is 0.0876. The van der Waals surface area contributed by atoms with E-state index in [1.165, 1.54) is 19.9 Å². The summed E-state index contributed by atoms with van der Waals surface area (Å²) in [7, 11) is 0. The van der Waals surface area contributed by atoms with Gasteiger partial charge in [-0.3, -0.25) is 0 Å². The predicted molar refractivity (Wildman–Crippen MR) is 83.0 cm³/mol. The van der Waals surface area contributed by atoms with Gasteiger partial charge >= 0.3 is 0 Å². The van der Waals surface area contributed by atoms with E-state index in [0.717, 1.165) is 10.5 Å². The number of aryl methyl sites for hydroxylation is 1. The molecular formula is C16H14OS2. The van der Waals surface area contributed by atoms with E-state index in [2.05, 4.69) is 37.3 Å². The van der Waals surface area contributed by atoms with Gasteiger partial charge in [0.2, 0.25) is 0 Å². The fraction of sp³-hybridized carbons (Fsp3) is 0.125. The summed E-state index contributed by atoms with van der Waals surface area (Å²) in [5, 5.41) is 10.7. The average Bonchev–Trinajstić information content (AvgIpc) is 2.76. The van der Waals surface area contributed by atoms with Gasteiger partial charge in [0.05, 0.1) is 6.61 Å². The number of aliphatic hydroxyl groups is 1. The van der Waals surface area contributed by atoms with Crippen molar-refractivity contribution in [1.29, 1.82) is 0 Å². The van der Waals surface area contributed by atoms with E-state index in [-0.39, 0.29) is 6.61 Å². The lowest BCUT2D eigenvalue weighted by atomic mass is 10.2. The van der Waals surface area contributed by atoms with Crippen molar-refractivity contribution in [1.82, 2.24) is 0 Å². The first-order chi connectivity index (χ1) is 9.29. The minimum atomic E-state index is 0.0876. The third-order valence-electron chi connectivity index (χ3n) is 3.07. The van der Waals surface area contributed by atoms with Crippen LogP contribution in [0.3, 0.4) is 0 Å². The molecule has 1 nitrogen and oxygen atoms in total. The van der Waals surface area contributed by atoms with Gasteiger partial charge in [0.1, 0.15) is 0 Å². The van der Waals surface area contributed by atoms with Gasteiger partial charge in [0, 0.05) is 24.8 Å². The fourth-order valence-corrected chi connectivity index (χ4v) is 4.45. The number of hydrogen-bond donors (Lipinski definition) is 1. The van der Waals surface area contributed by atoms with Gasteiger partial charge in [-0.05, 0) is 24.6 Å². The summed E-state index contributed by atoms with van der Waals surface area (Å²) in [4.78, 5) is 3.78. The maximum Gasteiger partial charge on any atom is 0.0692 e. The van der Waals surface area contributed by atoms with E-state index in [9.17, 15) is 5.11 Å². The Morgan fingerprint density at radius 2 is 1.79 bits per heavy atom. The number of benzene rings is 2. The Balaban J connectivity index is 2.08. The van der Waals surface area contributed by atoms with Crippen molar-refractivity contribution in [3.05, 3.63) is 59.0 Å². The van der Waals surface area contributed by atoms with Crippen molar-refractivity contribution >= 4 is 33.2 Å². The molecular weight excluding hydrogens is 272 g/mol. The first-order valence-corrected chi connectivity index (χ1v) is 7.77. The molecule has 0 atom stereocenters. The largest absolute Gasteiger partial charge is 0.392 e. The molecule has 0 saturated heterocycles. The van der Waals surface area contributed by atoms with Crippen molar-refractivity contribution in [2.24, 2.45) is 0 Å². The second-order valence-corrected chi connectivity index (χ2v) is 6.66. The molecule has 0 spiro atoms. The van der Waals surface area contributed by atoms with Gasteiger partial charge in [-0.25, -0.2) is 0 Å². The molecule has 0 saturated carbocycles. The van der Waals surface area contributed by atoms with E-state index >= 15 is 0 Å². The molecule has 0 amide bonds. The molecule has 3 heteroatoms. The Morgan fingerprint density at radius 3 is 2.63 bits per heavy atom. The molecule has 0 aliphatic rings. The van der Waals surface area contributed by atoms with Gasteiger partial charge < -0.3 is 5.11 Å². The molecule has 0 unspecified atom stereocenters. The second kappa shape index (κ2) is 5.37. The highest BCUT2D eigenvalue weighted by Gasteiger charge is 2.11. The minimum Gasteiger partial charge on any atom is -0.392 e. The van der Waals surface area contributed by atoms with Gasteiger partial charge in [-0.2, -0.15) is 0 Å². The van der Waals surface area contributed by atoms with Gasteiger partial charge in [0.25, 0.3) is 0 Å². The monoisotopic (exact) mass is 286 g/mol. The average molecular weight is 286 g/mol. The highest BCUT2D eigenvalue weighted by atomic mass is 32.2. The van der Waals surface area contributed by atoms with Crippen LogP contribution in [0.1, 0.15) is 10.4 Å². The molecule has 3 rings (SSSR count). The van der Waals surface area contributed by atoms with E-state index in [0.29, 0.717) is 0 Å². The molecule has 0 radical (unpaired) electrons. The summed E-state index contributed by atoms with van der Waals surface area (Å²) in [6.45, 7) is 2.25. The third kappa shape index (κ3) is 2.41. The van der Waals surface area contributed by atoms with Crippen molar-refractivity contribution in [2.75, 3.05) is 0 Å². The number of rotatable bonds is 3. The predicted octanol–water partition coefficient (Wildman–Crippen LogP) is 4.85. The molecule has 19 heavy (non-hydrogen) atoms. The third-order valence-corrected chi connectivity index (χ3v) is 5.63. The van der Waals surface area contributed by atoms with Crippen LogP contribution in [0.2, 0.25) is 0 Å². The zero-order valence-electron chi connectivity index (χ0n) is 10.6. The van der Waals surface area contributed by atoms with Gasteiger partial charge in [-0.1, -0.05) is 48.2 Å². The smallest absolute Gasteiger partial charge is 0.0692 e. The van der Waals surface area contributed by atoms with E-state index in [1.807, 2.05) is 29.5 Å². The zero-order chi connectivity index (χ0) is 13.2. The molecule has 0 fully saturated rings. The summed E-state index contributed by atoms with van der Waals surface area (Å²) in [5.41, 5.74) is 0.988. The van der Waals surface area contributed by atoms with Crippen LogP contribution in [0.15, 0.2) is 58.3 Å². The number of fused-ring (bicyclic) bond motifs is 1. The summed E-state index contributed by atoms with van der Waals surface area (Å²) in [5.74, 6) is 0.